The maximum absolute atomic E-state index is 13.1. The number of carbonyl (C=O) groups excluding carboxylic acids is 1. The van der Waals surface area contributed by atoms with Crippen molar-refractivity contribution in [3.8, 4) is 11.5 Å². The summed E-state index contributed by atoms with van der Waals surface area (Å²) in [6, 6.07) is 12.4. The largest absolute Gasteiger partial charge is 0.497 e. The number of benzene rings is 2. The fourth-order valence-electron chi connectivity index (χ4n) is 4.59. The summed E-state index contributed by atoms with van der Waals surface area (Å²) >= 11 is 0. The molecule has 1 atom stereocenters. The van der Waals surface area contributed by atoms with E-state index in [2.05, 4.69) is 5.32 Å². The molecule has 2 aromatic rings. The predicted octanol–water partition coefficient (Wildman–Crippen LogP) is 3.82. The summed E-state index contributed by atoms with van der Waals surface area (Å²) in [6.45, 7) is 6.60. The number of carbonyl (C=O) groups is 1. The Morgan fingerprint density at radius 2 is 1.79 bits per heavy atom. The molecule has 2 aromatic carbocycles. The van der Waals surface area contributed by atoms with Crippen molar-refractivity contribution >= 4 is 15.9 Å². The van der Waals surface area contributed by atoms with Crippen molar-refractivity contribution < 1.29 is 22.7 Å². The quantitative estimate of drug-likeness (QED) is 0.715. The molecule has 0 saturated carbocycles. The number of nitrogens with zero attached hydrogens (tertiary/aromatic N) is 1. The van der Waals surface area contributed by atoms with Gasteiger partial charge in [-0.3, -0.25) is 4.79 Å². The number of sulfonamides is 1. The van der Waals surface area contributed by atoms with Crippen LogP contribution in [0.15, 0.2) is 47.4 Å². The van der Waals surface area contributed by atoms with Crippen molar-refractivity contribution in [1.29, 1.82) is 0 Å². The lowest BCUT2D eigenvalue weighted by Gasteiger charge is -2.39. The number of rotatable bonds is 5. The lowest BCUT2D eigenvalue weighted by molar-refractivity contribution is -0.127. The van der Waals surface area contributed by atoms with Crippen molar-refractivity contribution in [2.45, 2.75) is 56.6 Å². The zero-order valence-electron chi connectivity index (χ0n) is 19.6. The number of methoxy groups -OCH3 is 1. The molecule has 8 heteroatoms. The highest BCUT2D eigenvalue weighted by molar-refractivity contribution is 7.89. The van der Waals surface area contributed by atoms with Gasteiger partial charge in [0.05, 0.1) is 18.0 Å². The average Bonchev–Trinajstić information content (AvgIpc) is 2.78. The van der Waals surface area contributed by atoms with Gasteiger partial charge >= 0.3 is 0 Å². The van der Waals surface area contributed by atoms with E-state index < -0.39 is 15.6 Å². The molecule has 2 heterocycles. The fraction of sp³-hybridized carbons (Fsp3) is 0.480. The Kier molecular flexibility index (Phi) is 6.42. The Morgan fingerprint density at radius 1 is 1.12 bits per heavy atom. The molecular weight excluding hydrogens is 440 g/mol. The van der Waals surface area contributed by atoms with E-state index >= 15 is 0 Å². The second kappa shape index (κ2) is 8.99. The van der Waals surface area contributed by atoms with Crippen LogP contribution in [0.1, 0.15) is 50.3 Å². The highest BCUT2D eigenvalue weighted by atomic mass is 32.2. The maximum atomic E-state index is 13.1. The van der Waals surface area contributed by atoms with E-state index in [1.807, 2.05) is 39.0 Å². The van der Waals surface area contributed by atoms with Gasteiger partial charge in [0, 0.05) is 37.1 Å². The molecule has 0 radical (unpaired) electrons. The third-order valence-electron chi connectivity index (χ3n) is 6.48. The molecule has 33 heavy (non-hydrogen) atoms. The minimum Gasteiger partial charge on any atom is -0.497 e. The van der Waals surface area contributed by atoms with Crippen molar-refractivity contribution in [2.75, 3.05) is 20.2 Å². The molecule has 2 aliphatic rings. The fourth-order valence-corrected chi connectivity index (χ4v) is 6.06. The molecule has 1 N–H and O–H groups in total. The Hall–Kier alpha value is -2.58. The second-order valence-electron chi connectivity index (χ2n) is 9.52. The van der Waals surface area contributed by atoms with Gasteiger partial charge in [0.1, 0.15) is 17.1 Å². The van der Waals surface area contributed by atoms with E-state index in [-0.39, 0.29) is 17.9 Å². The van der Waals surface area contributed by atoms with E-state index in [9.17, 15) is 13.2 Å². The van der Waals surface area contributed by atoms with Crippen molar-refractivity contribution in [3.05, 3.63) is 53.6 Å². The van der Waals surface area contributed by atoms with Gasteiger partial charge in [-0.2, -0.15) is 4.31 Å². The number of nitrogens with one attached hydrogen (secondary N) is 1. The zero-order chi connectivity index (χ0) is 23.8. The van der Waals surface area contributed by atoms with Crippen molar-refractivity contribution in [2.24, 2.45) is 5.92 Å². The molecule has 1 fully saturated rings. The zero-order valence-corrected chi connectivity index (χ0v) is 20.4. The van der Waals surface area contributed by atoms with E-state index in [1.54, 1.807) is 31.4 Å². The van der Waals surface area contributed by atoms with E-state index in [0.717, 1.165) is 16.9 Å². The van der Waals surface area contributed by atoms with Crippen LogP contribution >= 0.6 is 0 Å². The monoisotopic (exact) mass is 472 g/mol. The van der Waals surface area contributed by atoms with Gasteiger partial charge in [0.25, 0.3) is 0 Å². The first-order chi connectivity index (χ1) is 15.6. The first-order valence-electron chi connectivity index (χ1n) is 11.3. The molecule has 7 nitrogen and oxygen atoms in total. The number of amides is 1. The SMILES string of the molecule is COc1ccc2c(c1)OC(C)(C)CC2NC(=O)C1CCN(S(=O)(=O)c2ccc(C)cc2)CC1. The van der Waals surface area contributed by atoms with Gasteiger partial charge in [0.15, 0.2) is 0 Å². The van der Waals surface area contributed by atoms with Crippen molar-refractivity contribution in [1.82, 2.24) is 9.62 Å². The Bertz CT molecular complexity index is 1120. The van der Waals surface area contributed by atoms with Crippen LogP contribution < -0.4 is 14.8 Å². The molecule has 0 spiro atoms. The predicted molar refractivity (Wildman–Crippen MR) is 126 cm³/mol. The van der Waals surface area contributed by atoms with Gasteiger partial charge < -0.3 is 14.8 Å². The van der Waals surface area contributed by atoms with Crippen LogP contribution in [0, 0.1) is 12.8 Å². The van der Waals surface area contributed by atoms with Crippen LogP contribution in [0.4, 0.5) is 0 Å². The molecule has 0 aliphatic carbocycles. The van der Waals surface area contributed by atoms with E-state index in [4.69, 9.17) is 9.47 Å². The lowest BCUT2D eigenvalue weighted by Crippen LogP contribution is -2.46. The first-order valence-corrected chi connectivity index (χ1v) is 12.8. The summed E-state index contributed by atoms with van der Waals surface area (Å²) < 4.78 is 38.8. The minimum atomic E-state index is -3.54. The van der Waals surface area contributed by atoms with Gasteiger partial charge in [-0.25, -0.2) is 8.42 Å². The average molecular weight is 473 g/mol. The van der Waals surface area contributed by atoms with Gasteiger partial charge in [0.2, 0.25) is 15.9 Å². The van der Waals surface area contributed by atoms with Crippen molar-refractivity contribution in [3.63, 3.8) is 0 Å². The summed E-state index contributed by atoms with van der Waals surface area (Å²) in [6.07, 6.45) is 1.65. The lowest BCUT2D eigenvalue weighted by atomic mass is 9.88. The molecular formula is C25H32N2O5S. The molecule has 0 aromatic heterocycles. The smallest absolute Gasteiger partial charge is 0.243 e. The van der Waals surface area contributed by atoms with Gasteiger partial charge in [-0.05, 0) is 57.9 Å². The van der Waals surface area contributed by atoms with Crippen LogP contribution in [-0.2, 0) is 14.8 Å². The summed E-state index contributed by atoms with van der Waals surface area (Å²) in [7, 11) is -1.93. The topological polar surface area (TPSA) is 84.9 Å². The third kappa shape index (κ3) is 5.01. The maximum Gasteiger partial charge on any atom is 0.243 e. The highest BCUT2D eigenvalue weighted by Crippen LogP contribution is 2.41. The number of hydrogen-bond acceptors (Lipinski definition) is 5. The van der Waals surface area contributed by atoms with Crippen LogP contribution in [0.2, 0.25) is 0 Å². The Balaban J connectivity index is 1.42. The first kappa shape index (κ1) is 23.6. The number of fused-ring (bicyclic) bond motifs is 1. The summed E-state index contributed by atoms with van der Waals surface area (Å²) in [5.41, 5.74) is 1.52. The standard InChI is InChI=1S/C25H32N2O5S/c1-17-5-8-20(9-6-17)33(29,30)27-13-11-18(12-14-27)24(28)26-22-16-25(2,3)32-23-15-19(31-4)7-10-21(22)23/h5-10,15,18,22H,11-14,16H2,1-4H3,(H,26,28). The number of ether oxygens (including phenoxy) is 2. The molecule has 1 unspecified atom stereocenters. The van der Waals surface area contributed by atoms with Crippen LogP contribution in [0.3, 0.4) is 0 Å². The third-order valence-corrected chi connectivity index (χ3v) is 8.39. The van der Waals surface area contributed by atoms with E-state index in [1.165, 1.54) is 4.31 Å². The normalized spacial score (nSPS) is 21.0. The summed E-state index contributed by atoms with van der Waals surface area (Å²) in [4.78, 5) is 13.4. The molecule has 1 saturated heterocycles. The van der Waals surface area contributed by atoms with Gasteiger partial charge in [-0.1, -0.05) is 17.7 Å². The molecule has 0 bridgehead atoms. The number of hydrogen-bond donors (Lipinski definition) is 1. The summed E-state index contributed by atoms with van der Waals surface area (Å²) in [5, 5.41) is 3.20. The van der Waals surface area contributed by atoms with E-state index in [0.29, 0.717) is 43.0 Å². The summed E-state index contributed by atoms with van der Waals surface area (Å²) in [5.74, 6) is 1.17. The molecule has 4 rings (SSSR count). The number of piperidine rings is 1. The molecule has 1 amide bonds. The van der Waals surface area contributed by atoms with Crippen LogP contribution in [0.5, 0.6) is 11.5 Å². The van der Waals surface area contributed by atoms with Gasteiger partial charge in [-0.15, -0.1) is 0 Å². The minimum absolute atomic E-state index is 0.0353. The van der Waals surface area contributed by atoms with Crippen LogP contribution in [0.25, 0.3) is 0 Å². The Labute approximate surface area is 196 Å². The number of aryl methyl sites for hydroxylation is 1. The second-order valence-corrected chi connectivity index (χ2v) is 11.5. The highest BCUT2D eigenvalue weighted by Gasteiger charge is 2.37. The molecule has 2 aliphatic heterocycles. The Morgan fingerprint density at radius 3 is 2.42 bits per heavy atom. The van der Waals surface area contributed by atoms with Crippen LogP contribution in [-0.4, -0.2) is 44.4 Å². The molecule has 178 valence electrons.